The Balaban J connectivity index is 2.05. The average molecular weight is 291 g/mol. The van der Waals surface area contributed by atoms with Gasteiger partial charge in [0.1, 0.15) is 5.75 Å². The molecular weight excluding hydrogens is 280 g/mol. The van der Waals surface area contributed by atoms with Gasteiger partial charge in [0.05, 0.1) is 27.7 Å². The lowest BCUT2D eigenvalue weighted by atomic mass is 10.1. The Bertz CT molecular complexity index is 477. The maximum absolute atomic E-state index is 8.70. The topological polar surface area (TPSA) is 33.0 Å². The van der Waals surface area contributed by atoms with Gasteiger partial charge in [-0.2, -0.15) is 5.26 Å². The summed E-state index contributed by atoms with van der Waals surface area (Å²) in [5, 5.41) is 9.96. The minimum absolute atomic E-state index is 0.0180. The molecule has 1 aromatic rings. The lowest BCUT2D eigenvalue weighted by Gasteiger charge is -2.14. The fraction of sp³-hybridized carbons (Fsp3) is 0.417. The van der Waals surface area contributed by atoms with Crippen molar-refractivity contribution in [1.82, 2.24) is 0 Å². The van der Waals surface area contributed by atoms with Crippen LogP contribution < -0.4 is 4.74 Å². The fourth-order valence-corrected chi connectivity index (χ4v) is 2.15. The van der Waals surface area contributed by atoms with Gasteiger partial charge in [-0.1, -0.05) is 34.8 Å². The predicted molar refractivity (Wildman–Crippen MR) is 68.9 cm³/mol. The first-order chi connectivity index (χ1) is 8.06. The molecule has 1 fully saturated rings. The number of benzene rings is 1. The highest BCUT2D eigenvalue weighted by molar-refractivity contribution is 6.43. The molecule has 5 heteroatoms. The highest BCUT2D eigenvalue weighted by atomic mass is 35.5. The van der Waals surface area contributed by atoms with Gasteiger partial charge in [-0.3, -0.25) is 0 Å². The highest BCUT2D eigenvalue weighted by Crippen LogP contribution is 2.49. The smallest absolute Gasteiger partial charge is 0.139 e. The minimum atomic E-state index is 0.0180. The molecule has 0 heterocycles. The molecule has 0 bridgehead atoms. The molecule has 0 saturated heterocycles. The Labute approximate surface area is 115 Å². The van der Waals surface area contributed by atoms with Crippen LogP contribution >= 0.6 is 34.8 Å². The molecule has 2 nitrogen and oxygen atoms in total. The Hall–Kier alpha value is -0.620. The third-order valence-electron chi connectivity index (χ3n) is 2.92. The van der Waals surface area contributed by atoms with Gasteiger partial charge >= 0.3 is 0 Å². The molecular formula is C12H10Cl3NO. The van der Waals surface area contributed by atoms with Crippen LogP contribution in [-0.2, 0) is 0 Å². The van der Waals surface area contributed by atoms with Crippen LogP contribution in [0.4, 0.5) is 0 Å². The summed E-state index contributed by atoms with van der Waals surface area (Å²) < 4.78 is 5.63. The lowest BCUT2D eigenvalue weighted by molar-refractivity contribution is 0.237. The third kappa shape index (κ3) is 2.98. The Morgan fingerprint density at radius 2 is 1.82 bits per heavy atom. The average Bonchev–Trinajstić information content (AvgIpc) is 3.03. The van der Waals surface area contributed by atoms with Gasteiger partial charge < -0.3 is 4.74 Å². The minimum Gasteiger partial charge on any atom is -0.491 e. The highest BCUT2D eigenvalue weighted by Gasteiger charge is 2.43. The molecule has 0 spiro atoms. The molecule has 0 aromatic heterocycles. The van der Waals surface area contributed by atoms with Crippen LogP contribution in [-0.4, -0.2) is 6.61 Å². The van der Waals surface area contributed by atoms with E-state index in [0.29, 0.717) is 33.8 Å². The number of hydrogen-bond acceptors (Lipinski definition) is 2. The molecule has 1 aliphatic carbocycles. The second-order valence-electron chi connectivity index (χ2n) is 4.32. The van der Waals surface area contributed by atoms with Crippen molar-refractivity contribution in [2.45, 2.75) is 19.3 Å². The third-order valence-corrected chi connectivity index (χ3v) is 3.94. The summed E-state index contributed by atoms with van der Waals surface area (Å²) in [6, 6.07) is 5.35. The number of nitrogens with zero attached hydrogens (tertiary/aromatic N) is 1. The molecule has 90 valence electrons. The van der Waals surface area contributed by atoms with E-state index >= 15 is 0 Å². The van der Waals surface area contributed by atoms with Crippen molar-refractivity contribution in [3.63, 3.8) is 0 Å². The van der Waals surface area contributed by atoms with Crippen molar-refractivity contribution in [3.05, 3.63) is 27.2 Å². The summed E-state index contributed by atoms with van der Waals surface area (Å²) in [5.74, 6) is 0.519. The van der Waals surface area contributed by atoms with E-state index in [0.717, 1.165) is 12.8 Å². The van der Waals surface area contributed by atoms with E-state index in [1.807, 2.05) is 0 Å². The second-order valence-corrected chi connectivity index (χ2v) is 5.54. The van der Waals surface area contributed by atoms with E-state index in [9.17, 15) is 0 Å². The molecule has 1 aliphatic rings. The van der Waals surface area contributed by atoms with Gasteiger partial charge in [0, 0.05) is 17.9 Å². The standard InChI is InChI=1S/C12H10Cl3NO/c13-8-5-10(15)11(6-9(8)14)17-7-12(1-2-12)3-4-16/h5-6H,1-3,7H2. The molecule has 0 radical (unpaired) electrons. The van der Waals surface area contributed by atoms with Crippen LogP contribution in [0.2, 0.25) is 15.1 Å². The fourth-order valence-electron chi connectivity index (χ4n) is 1.56. The lowest BCUT2D eigenvalue weighted by Crippen LogP contribution is -2.12. The summed E-state index contributed by atoms with van der Waals surface area (Å²) in [7, 11) is 0. The van der Waals surface area contributed by atoms with Gasteiger partial charge in [0.25, 0.3) is 0 Å². The predicted octanol–water partition coefficient (Wildman–Crippen LogP) is 4.72. The second kappa shape index (κ2) is 4.94. The molecule has 17 heavy (non-hydrogen) atoms. The summed E-state index contributed by atoms with van der Waals surface area (Å²) in [5.41, 5.74) is 0.0180. The maximum Gasteiger partial charge on any atom is 0.139 e. The van der Waals surface area contributed by atoms with Crippen molar-refractivity contribution >= 4 is 34.8 Å². The van der Waals surface area contributed by atoms with E-state index in [1.54, 1.807) is 12.1 Å². The number of halogens is 3. The van der Waals surface area contributed by atoms with Crippen LogP contribution in [0.5, 0.6) is 5.75 Å². The number of nitriles is 1. The molecule has 0 N–H and O–H groups in total. The summed E-state index contributed by atoms with van der Waals surface area (Å²) in [4.78, 5) is 0. The number of rotatable bonds is 4. The molecule has 2 rings (SSSR count). The molecule has 1 saturated carbocycles. The van der Waals surface area contributed by atoms with Gasteiger partial charge in [0.2, 0.25) is 0 Å². The van der Waals surface area contributed by atoms with Crippen LogP contribution in [0.15, 0.2) is 12.1 Å². The zero-order chi connectivity index (χ0) is 12.5. The first-order valence-electron chi connectivity index (χ1n) is 5.21. The number of hydrogen-bond donors (Lipinski definition) is 0. The monoisotopic (exact) mass is 289 g/mol. The van der Waals surface area contributed by atoms with Crippen LogP contribution in [0.3, 0.4) is 0 Å². The molecule has 0 amide bonds. The van der Waals surface area contributed by atoms with E-state index in [4.69, 9.17) is 44.8 Å². The Morgan fingerprint density at radius 3 is 2.41 bits per heavy atom. The van der Waals surface area contributed by atoms with Crippen LogP contribution in [0.1, 0.15) is 19.3 Å². The van der Waals surface area contributed by atoms with E-state index < -0.39 is 0 Å². The zero-order valence-corrected chi connectivity index (χ0v) is 11.2. The van der Waals surface area contributed by atoms with Crippen molar-refractivity contribution in [2.24, 2.45) is 5.41 Å². The summed E-state index contributed by atoms with van der Waals surface area (Å²) in [6.07, 6.45) is 2.57. The summed E-state index contributed by atoms with van der Waals surface area (Å²) in [6.45, 7) is 0.498. The van der Waals surface area contributed by atoms with E-state index in [1.165, 1.54) is 0 Å². The van der Waals surface area contributed by atoms with Crippen molar-refractivity contribution in [3.8, 4) is 11.8 Å². The first kappa shape index (κ1) is 12.8. The Kier molecular flexibility index (Phi) is 3.73. The zero-order valence-electron chi connectivity index (χ0n) is 8.97. The molecule has 1 aromatic carbocycles. The van der Waals surface area contributed by atoms with Gasteiger partial charge in [-0.05, 0) is 18.9 Å². The van der Waals surface area contributed by atoms with Gasteiger partial charge in [-0.15, -0.1) is 0 Å². The Morgan fingerprint density at radius 1 is 1.18 bits per heavy atom. The number of ether oxygens (including phenoxy) is 1. The quantitative estimate of drug-likeness (QED) is 0.752. The first-order valence-corrected chi connectivity index (χ1v) is 6.34. The van der Waals surface area contributed by atoms with Crippen molar-refractivity contribution in [2.75, 3.05) is 6.61 Å². The normalized spacial score (nSPS) is 16.4. The van der Waals surface area contributed by atoms with Crippen molar-refractivity contribution < 1.29 is 4.74 Å². The summed E-state index contributed by atoms with van der Waals surface area (Å²) >= 11 is 17.7. The molecule has 0 atom stereocenters. The van der Waals surface area contributed by atoms with Crippen molar-refractivity contribution in [1.29, 1.82) is 5.26 Å². The van der Waals surface area contributed by atoms with E-state index in [2.05, 4.69) is 6.07 Å². The van der Waals surface area contributed by atoms with Gasteiger partial charge in [-0.25, -0.2) is 0 Å². The van der Waals surface area contributed by atoms with Crippen LogP contribution in [0, 0.1) is 16.7 Å². The largest absolute Gasteiger partial charge is 0.491 e. The SMILES string of the molecule is N#CCC1(COc2cc(Cl)c(Cl)cc2Cl)CC1. The maximum atomic E-state index is 8.70. The van der Waals surface area contributed by atoms with Gasteiger partial charge in [0.15, 0.2) is 0 Å². The molecule has 0 aliphatic heterocycles. The van der Waals surface area contributed by atoms with Crippen LogP contribution in [0.25, 0.3) is 0 Å². The van der Waals surface area contributed by atoms with E-state index in [-0.39, 0.29) is 5.41 Å². The molecule has 0 unspecified atom stereocenters.